The van der Waals surface area contributed by atoms with Gasteiger partial charge in [-0.15, -0.1) is 0 Å². The van der Waals surface area contributed by atoms with E-state index in [4.69, 9.17) is 5.11 Å². The zero-order chi connectivity index (χ0) is 11.3. The number of carboxylic acid groups (broad SMARTS) is 1. The van der Waals surface area contributed by atoms with E-state index < -0.39 is 12.0 Å². The van der Waals surface area contributed by atoms with E-state index in [2.05, 4.69) is 17.2 Å². The van der Waals surface area contributed by atoms with Crippen molar-refractivity contribution in [1.82, 2.24) is 10.3 Å². The van der Waals surface area contributed by atoms with Crippen LogP contribution in [0.2, 0.25) is 0 Å². The number of nitrogens with one attached hydrogen (secondary N) is 1. The van der Waals surface area contributed by atoms with E-state index in [1.54, 1.807) is 13.1 Å². The van der Waals surface area contributed by atoms with Gasteiger partial charge in [-0.2, -0.15) is 0 Å². The molecule has 0 amide bonds. The minimum atomic E-state index is -0.844. The van der Waals surface area contributed by atoms with Crippen LogP contribution in [0.15, 0.2) is 18.3 Å². The van der Waals surface area contributed by atoms with Crippen molar-refractivity contribution in [2.75, 3.05) is 0 Å². The Morgan fingerprint density at radius 2 is 2.40 bits per heavy atom. The number of pyridine rings is 1. The van der Waals surface area contributed by atoms with Gasteiger partial charge in [0.05, 0.1) is 5.69 Å². The highest BCUT2D eigenvalue weighted by molar-refractivity contribution is 5.72. The fraction of sp³-hybridized carbons (Fsp3) is 0.455. The number of hydrogen-bond donors (Lipinski definition) is 2. The largest absolute Gasteiger partial charge is 0.480 e. The van der Waals surface area contributed by atoms with Gasteiger partial charge in [0.1, 0.15) is 6.04 Å². The lowest BCUT2D eigenvalue weighted by Gasteiger charge is -2.10. The highest BCUT2D eigenvalue weighted by atomic mass is 16.4. The first kappa shape index (κ1) is 11.7. The Labute approximate surface area is 89.3 Å². The van der Waals surface area contributed by atoms with E-state index in [9.17, 15) is 4.79 Å². The van der Waals surface area contributed by atoms with Gasteiger partial charge in [0.2, 0.25) is 0 Å². The highest BCUT2D eigenvalue weighted by Gasteiger charge is 2.10. The maximum Gasteiger partial charge on any atom is 0.320 e. The number of carbonyl (C=O) groups is 1. The zero-order valence-corrected chi connectivity index (χ0v) is 9.03. The first-order chi connectivity index (χ1) is 7.15. The van der Waals surface area contributed by atoms with E-state index in [1.807, 2.05) is 12.1 Å². The summed E-state index contributed by atoms with van der Waals surface area (Å²) in [7, 11) is 0. The lowest BCUT2D eigenvalue weighted by molar-refractivity contribution is -0.139. The average molecular weight is 208 g/mol. The molecule has 1 rings (SSSR count). The third kappa shape index (κ3) is 3.32. The summed E-state index contributed by atoms with van der Waals surface area (Å²) in [4.78, 5) is 14.8. The molecule has 0 saturated carbocycles. The molecule has 0 spiro atoms. The van der Waals surface area contributed by atoms with Crippen LogP contribution in [0.3, 0.4) is 0 Å². The Kier molecular flexibility index (Phi) is 4.24. The Morgan fingerprint density at radius 1 is 1.67 bits per heavy atom. The SMILES string of the molecule is CCc1cccnc1CNC(C)C(=O)O. The second-order valence-electron chi connectivity index (χ2n) is 3.40. The number of nitrogens with zero attached hydrogens (tertiary/aromatic N) is 1. The highest BCUT2D eigenvalue weighted by Crippen LogP contribution is 2.05. The third-order valence-electron chi connectivity index (χ3n) is 2.31. The van der Waals surface area contributed by atoms with Crippen molar-refractivity contribution in [3.63, 3.8) is 0 Å². The second kappa shape index (κ2) is 5.46. The molecule has 1 aromatic heterocycles. The molecule has 0 aromatic carbocycles. The Morgan fingerprint density at radius 3 is 3.00 bits per heavy atom. The lowest BCUT2D eigenvalue weighted by atomic mass is 10.1. The van der Waals surface area contributed by atoms with Gasteiger partial charge >= 0.3 is 5.97 Å². The number of aliphatic carboxylic acids is 1. The molecule has 1 aromatic rings. The van der Waals surface area contributed by atoms with E-state index in [0.29, 0.717) is 6.54 Å². The van der Waals surface area contributed by atoms with Crippen LogP contribution < -0.4 is 5.32 Å². The van der Waals surface area contributed by atoms with Crippen LogP contribution in [0, 0.1) is 0 Å². The van der Waals surface area contributed by atoms with Crippen LogP contribution in [0.4, 0.5) is 0 Å². The van der Waals surface area contributed by atoms with Crippen molar-refractivity contribution in [2.45, 2.75) is 32.9 Å². The van der Waals surface area contributed by atoms with Crippen molar-refractivity contribution in [3.05, 3.63) is 29.6 Å². The van der Waals surface area contributed by atoms with Gasteiger partial charge < -0.3 is 5.11 Å². The van der Waals surface area contributed by atoms with Gasteiger partial charge in [-0.3, -0.25) is 15.1 Å². The number of aryl methyl sites for hydroxylation is 1. The molecule has 1 unspecified atom stereocenters. The Balaban J connectivity index is 2.60. The molecule has 0 aliphatic heterocycles. The molecule has 0 fully saturated rings. The van der Waals surface area contributed by atoms with Gasteiger partial charge in [0.15, 0.2) is 0 Å². The summed E-state index contributed by atoms with van der Waals surface area (Å²) >= 11 is 0. The summed E-state index contributed by atoms with van der Waals surface area (Å²) < 4.78 is 0. The molecule has 82 valence electrons. The summed E-state index contributed by atoms with van der Waals surface area (Å²) in [6.07, 6.45) is 2.63. The summed E-state index contributed by atoms with van der Waals surface area (Å²) in [5.41, 5.74) is 2.08. The zero-order valence-electron chi connectivity index (χ0n) is 9.03. The monoisotopic (exact) mass is 208 g/mol. The Hall–Kier alpha value is -1.42. The molecule has 0 aliphatic carbocycles. The Bertz CT molecular complexity index is 339. The van der Waals surface area contributed by atoms with E-state index >= 15 is 0 Å². The molecule has 4 heteroatoms. The van der Waals surface area contributed by atoms with E-state index in [-0.39, 0.29) is 0 Å². The van der Waals surface area contributed by atoms with E-state index in [1.165, 1.54) is 0 Å². The molecule has 0 saturated heterocycles. The molecule has 2 N–H and O–H groups in total. The molecular formula is C11H16N2O2. The summed E-state index contributed by atoms with van der Waals surface area (Å²) in [6.45, 7) is 4.18. The van der Waals surface area contributed by atoms with Gasteiger partial charge in [-0.1, -0.05) is 13.0 Å². The van der Waals surface area contributed by atoms with Gasteiger partial charge in [0.25, 0.3) is 0 Å². The summed E-state index contributed by atoms with van der Waals surface area (Å²) in [5, 5.41) is 11.6. The van der Waals surface area contributed by atoms with Gasteiger partial charge in [-0.05, 0) is 25.0 Å². The first-order valence-corrected chi connectivity index (χ1v) is 5.04. The number of rotatable bonds is 5. The van der Waals surface area contributed by atoms with Crippen molar-refractivity contribution >= 4 is 5.97 Å². The van der Waals surface area contributed by atoms with Crippen LogP contribution in [-0.4, -0.2) is 22.1 Å². The van der Waals surface area contributed by atoms with Crippen molar-refractivity contribution in [3.8, 4) is 0 Å². The summed E-state index contributed by atoms with van der Waals surface area (Å²) in [6, 6.07) is 3.36. The molecule has 0 radical (unpaired) electrons. The number of hydrogen-bond acceptors (Lipinski definition) is 3. The lowest BCUT2D eigenvalue weighted by Crippen LogP contribution is -2.33. The maximum absolute atomic E-state index is 10.6. The van der Waals surface area contributed by atoms with Gasteiger partial charge in [-0.25, -0.2) is 0 Å². The third-order valence-corrected chi connectivity index (χ3v) is 2.31. The van der Waals surface area contributed by atoms with Crippen LogP contribution in [0.25, 0.3) is 0 Å². The predicted molar refractivity (Wildman–Crippen MR) is 57.6 cm³/mol. The molecular weight excluding hydrogens is 192 g/mol. The van der Waals surface area contributed by atoms with E-state index in [0.717, 1.165) is 17.7 Å². The van der Waals surface area contributed by atoms with Crippen molar-refractivity contribution in [2.24, 2.45) is 0 Å². The predicted octanol–water partition coefficient (Wildman–Crippen LogP) is 1.21. The topological polar surface area (TPSA) is 62.2 Å². The maximum atomic E-state index is 10.6. The molecule has 0 bridgehead atoms. The smallest absolute Gasteiger partial charge is 0.320 e. The number of aromatic nitrogens is 1. The fourth-order valence-electron chi connectivity index (χ4n) is 1.29. The first-order valence-electron chi connectivity index (χ1n) is 5.04. The van der Waals surface area contributed by atoms with Crippen LogP contribution in [0.5, 0.6) is 0 Å². The van der Waals surface area contributed by atoms with Crippen LogP contribution >= 0.6 is 0 Å². The van der Waals surface area contributed by atoms with Crippen LogP contribution in [-0.2, 0) is 17.8 Å². The molecule has 0 aliphatic rings. The van der Waals surface area contributed by atoms with Crippen molar-refractivity contribution in [1.29, 1.82) is 0 Å². The van der Waals surface area contributed by atoms with Crippen LogP contribution in [0.1, 0.15) is 25.1 Å². The molecule has 15 heavy (non-hydrogen) atoms. The quantitative estimate of drug-likeness (QED) is 0.763. The molecule has 1 heterocycles. The number of carboxylic acids is 1. The van der Waals surface area contributed by atoms with Crippen molar-refractivity contribution < 1.29 is 9.90 Å². The average Bonchev–Trinajstić information content (AvgIpc) is 2.26. The normalized spacial score (nSPS) is 12.4. The van der Waals surface area contributed by atoms with Gasteiger partial charge in [0, 0.05) is 12.7 Å². The standard InChI is InChI=1S/C11H16N2O2/c1-3-9-5-4-6-12-10(9)7-13-8(2)11(14)15/h4-6,8,13H,3,7H2,1-2H3,(H,14,15). The minimum Gasteiger partial charge on any atom is -0.480 e. The fourth-order valence-corrected chi connectivity index (χ4v) is 1.29. The minimum absolute atomic E-state index is 0.498. The molecule has 4 nitrogen and oxygen atoms in total. The molecule has 1 atom stereocenters. The second-order valence-corrected chi connectivity index (χ2v) is 3.40. The summed E-state index contributed by atoms with van der Waals surface area (Å²) in [5.74, 6) is -0.844.